The maximum absolute atomic E-state index is 12.7. The van der Waals surface area contributed by atoms with Crippen LogP contribution in [0, 0.1) is 0 Å². The lowest BCUT2D eigenvalue weighted by Gasteiger charge is -2.18. The van der Waals surface area contributed by atoms with Crippen molar-refractivity contribution in [3.05, 3.63) is 65.2 Å². The fourth-order valence-corrected chi connectivity index (χ4v) is 2.03. The first-order valence-corrected chi connectivity index (χ1v) is 6.67. The summed E-state index contributed by atoms with van der Waals surface area (Å²) >= 11 is 0. The van der Waals surface area contributed by atoms with Crippen LogP contribution < -0.4 is 4.90 Å². The Balaban J connectivity index is 2.42. The first-order valence-electron chi connectivity index (χ1n) is 6.67. The van der Waals surface area contributed by atoms with Crippen molar-refractivity contribution in [2.24, 2.45) is 0 Å². The van der Waals surface area contributed by atoms with Crippen LogP contribution in [0.4, 0.5) is 32.0 Å². The molecule has 2 amide bonds. The molecular weight excluding hydrogens is 352 g/mol. The first-order chi connectivity index (χ1) is 11.5. The van der Waals surface area contributed by atoms with Gasteiger partial charge in [0.25, 0.3) is 5.91 Å². The highest BCUT2D eigenvalue weighted by atomic mass is 19.4. The van der Waals surface area contributed by atoms with Gasteiger partial charge < -0.3 is 0 Å². The van der Waals surface area contributed by atoms with E-state index in [0.29, 0.717) is 17.0 Å². The predicted molar refractivity (Wildman–Crippen MR) is 75.8 cm³/mol. The van der Waals surface area contributed by atoms with Crippen LogP contribution in [-0.4, -0.2) is 12.3 Å². The molecule has 9 heteroatoms. The van der Waals surface area contributed by atoms with Crippen molar-refractivity contribution in [3.8, 4) is 0 Å². The number of hydrogen-bond donors (Lipinski definition) is 0. The molecule has 0 radical (unpaired) electrons. The molecule has 2 aromatic rings. The molecule has 0 aliphatic carbocycles. The molecule has 0 atom stereocenters. The summed E-state index contributed by atoms with van der Waals surface area (Å²) in [6.45, 7) is 0. The van der Waals surface area contributed by atoms with Crippen molar-refractivity contribution in [1.82, 2.24) is 0 Å². The third-order valence-electron chi connectivity index (χ3n) is 3.21. The number of anilines is 1. The highest BCUT2D eigenvalue weighted by Crippen LogP contribution is 2.32. The molecule has 0 unspecified atom stereocenters. The summed E-state index contributed by atoms with van der Waals surface area (Å²) in [4.78, 5) is 23.7. The van der Waals surface area contributed by atoms with Crippen molar-refractivity contribution in [1.29, 1.82) is 0 Å². The third kappa shape index (κ3) is 4.17. The molecule has 0 aromatic heterocycles. The van der Waals surface area contributed by atoms with Crippen molar-refractivity contribution < 1.29 is 35.9 Å². The quantitative estimate of drug-likeness (QED) is 0.595. The van der Waals surface area contributed by atoms with Gasteiger partial charge in [0.1, 0.15) is 0 Å². The van der Waals surface area contributed by atoms with Gasteiger partial charge in [0.15, 0.2) is 0 Å². The van der Waals surface area contributed by atoms with E-state index >= 15 is 0 Å². The molecule has 132 valence electrons. The number of alkyl halides is 6. The first kappa shape index (κ1) is 18.5. The molecule has 3 nitrogen and oxygen atoms in total. The van der Waals surface area contributed by atoms with Gasteiger partial charge in [-0.2, -0.15) is 26.3 Å². The van der Waals surface area contributed by atoms with Gasteiger partial charge in [0.2, 0.25) is 6.41 Å². The summed E-state index contributed by atoms with van der Waals surface area (Å²) in [7, 11) is 0. The second kappa shape index (κ2) is 6.58. The Morgan fingerprint density at radius 3 is 1.88 bits per heavy atom. The standard InChI is InChI=1S/C16H9F6NO2/c17-15(18,19)11-4-1-3-10(7-11)14(25)23(9-24)13-6-2-5-12(8-13)16(20,21)22/h1-9H. The summed E-state index contributed by atoms with van der Waals surface area (Å²) in [5.74, 6) is -1.18. The van der Waals surface area contributed by atoms with E-state index in [2.05, 4.69) is 0 Å². The zero-order valence-electron chi connectivity index (χ0n) is 12.2. The Morgan fingerprint density at radius 1 is 0.840 bits per heavy atom. The topological polar surface area (TPSA) is 37.4 Å². The van der Waals surface area contributed by atoms with Crippen molar-refractivity contribution >= 4 is 18.0 Å². The molecule has 0 spiro atoms. The third-order valence-corrected chi connectivity index (χ3v) is 3.21. The summed E-state index contributed by atoms with van der Waals surface area (Å²) < 4.78 is 76.3. The van der Waals surface area contributed by atoms with Crippen LogP contribution in [0.1, 0.15) is 21.5 Å². The predicted octanol–water partition coefficient (Wildman–Crippen LogP) is 4.53. The van der Waals surface area contributed by atoms with Crippen LogP contribution in [0.15, 0.2) is 48.5 Å². The molecule has 0 aliphatic rings. The van der Waals surface area contributed by atoms with Gasteiger partial charge >= 0.3 is 12.4 Å². The van der Waals surface area contributed by atoms with Gasteiger partial charge in [-0.25, -0.2) is 4.90 Å². The monoisotopic (exact) mass is 361 g/mol. The highest BCUT2D eigenvalue weighted by molar-refractivity contribution is 6.15. The fourth-order valence-electron chi connectivity index (χ4n) is 2.03. The minimum Gasteiger partial charge on any atom is -0.278 e. The van der Waals surface area contributed by atoms with Gasteiger partial charge in [0.05, 0.1) is 16.8 Å². The van der Waals surface area contributed by atoms with E-state index in [1.165, 1.54) is 0 Å². The fraction of sp³-hybridized carbons (Fsp3) is 0.125. The van der Waals surface area contributed by atoms with Crippen molar-refractivity contribution in [2.75, 3.05) is 4.90 Å². The van der Waals surface area contributed by atoms with Crippen molar-refractivity contribution in [3.63, 3.8) is 0 Å². The number of rotatable bonds is 3. The van der Waals surface area contributed by atoms with E-state index < -0.39 is 40.6 Å². The van der Waals surface area contributed by atoms with Crippen LogP contribution in [0.3, 0.4) is 0 Å². The molecule has 0 aliphatic heterocycles. The molecule has 0 N–H and O–H groups in total. The number of hydrogen-bond acceptors (Lipinski definition) is 2. The van der Waals surface area contributed by atoms with E-state index in [1.54, 1.807) is 0 Å². The molecule has 2 aromatic carbocycles. The number of benzene rings is 2. The SMILES string of the molecule is O=CN(C(=O)c1cccc(C(F)(F)F)c1)c1cccc(C(F)(F)F)c1. The zero-order chi connectivity index (χ0) is 18.8. The molecular formula is C16H9F6NO2. The highest BCUT2D eigenvalue weighted by Gasteiger charge is 2.33. The molecule has 25 heavy (non-hydrogen) atoms. The summed E-state index contributed by atoms with van der Waals surface area (Å²) in [6.07, 6.45) is -9.47. The minimum atomic E-state index is -4.71. The smallest absolute Gasteiger partial charge is 0.278 e. The molecule has 0 heterocycles. The number of halogens is 6. The summed E-state index contributed by atoms with van der Waals surface area (Å²) in [5.41, 5.74) is -3.12. The van der Waals surface area contributed by atoms with Crippen LogP contribution in [0.5, 0.6) is 0 Å². The van der Waals surface area contributed by atoms with Crippen LogP contribution in [0.25, 0.3) is 0 Å². The lowest BCUT2D eigenvalue weighted by atomic mass is 10.1. The Hall–Kier alpha value is -2.84. The van der Waals surface area contributed by atoms with Gasteiger partial charge in [-0.15, -0.1) is 0 Å². The molecule has 0 fully saturated rings. The molecule has 0 saturated carbocycles. The second-order valence-electron chi connectivity index (χ2n) is 4.91. The van der Waals surface area contributed by atoms with Gasteiger partial charge in [0, 0.05) is 5.56 Å². The molecule has 0 bridgehead atoms. The van der Waals surface area contributed by atoms with E-state index in [0.717, 1.165) is 36.4 Å². The Bertz CT molecular complexity index is 798. The molecule has 0 saturated heterocycles. The number of imide groups is 1. The maximum Gasteiger partial charge on any atom is 0.416 e. The van der Waals surface area contributed by atoms with Crippen LogP contribution in [0.2, 0.25) is 0 Å². The largest absolute Gasteiger partial charge is 0.416 e. The van der Waals surface area contributed by atoms with Gasteiger partial charge in [-0.05, 0) is 36.4 Å². The normalized spacial score (nSPS) is 11.9. The molecule has 2 rings (SSSR count). The van der Waals surface area contributed by atoms with Gasteiger partial charge in [-0.1, -0.05) is 12.1 Å². The Morgan fingerprint density at radius 2 is 1.36 bits per heavy atom. The number of carbonyl (C=O) groups excluding carboxylic acids is 2. The summed E-state index contributed by atoms with van der Waals surface area (Å²) in [6, 6.07) is 6.58. The lowest BCUT2D eigenvalue weighted by Crippen LogP contribution is -2.29. The van der Waals surface area contributed by atoms with E-state index in [1.807, 2.05) is 0 Å². The van der Waals surface area contributed by atoms with E-state index in [9.17, 15) is 35.9 Å². The average Bonchev–Trinajstić information content (AvgIpc) is 2.54. The lowest BCUT2D eigenvalue weighted by molar-refractivity contribution is -0.138. The number of nitrogens with zero attached hydrogens (tertiary/aromatic N) is 1. The Kier molecular flexibility index (Phi) is 4.87. The summed E-state index contributed by atoms with van der Waals surface area (Å²) in [5, 5.41) is 0. The van der Waals surface area contributed by atoms with Crippen LogP contribution >= 0.6 is 0 Å². The minimum absolute atomic E-state index is 0.0575. The number of carbonyl (C=O) groups is 2. The van der Waals surface area contributed by atoms with E-state index in [-0.39, 0.29) is 6.41 Å². The van der Waals surface area contributed by atoms with E-state index in [4.69, 9.17) is 0 Å². The van der Waals surface area contributed by atoms with Crippen molar-refractivity contribution in [2.45, 2.75) is 12.4 Å². The maximum atomic E-state index is 12.7. The van der Waals surface area contributed by atoms with Gasteiger partial charge in [-0.3, -0.25) is 9.59 Å². The number of amides is 2. The Labute approximate surface area is 137 Å². The second-order valence-corrected chi connectivity index (χ2v) is 4.91. The van der Waals surface area contributed by atoms with Crippen LogP contribution in [-0.2, 0) is 17.1 Å². The zero-order valence-corrected chi connectivity index (χ0v) is 12.2. The average molecular weight is 361 g/mol.